The number of thiazole rings is 1. The smallest absolute Gasteiger partial charge is 0.161 e. The highest BCUT2D eigenvalue weighted by atomic mass is 32.2. The summed E-state index contributed by atoms with van der Waals surface area (Å²) in [5.41, 5.74) is 2.11. The quantitative estimate of drug-likeness (QED) is 0.476. The van der Waals surface area contributed by atoms with Crippen LogP contribution in [-0.4, -0.2) is 25.8 Å². The van der Waals surface area contributed by atoms with Gasteiger partial charge in [-0.15, -0.1) is 23.1 Å². The average Bonchev–Trinajstić information content (AvgIpc) is 3.16. The van der Waals surface area contributed by atoms with Gasteiger partial charge in [0.2, 0.25) is 0 Å². The molecule has 3 aromatic rings. The third-order valence-corrected chi connectivity index (χ3v) is 5.69. The molecule has 0 radical (unpaired) electrons. The van der Waals surface area contributed by atoms with Crippen LogP contribution in [0.1, 0.15) is 12.6 Å². The van der Waals surface area contributed by atoms with Gasteiger partial charge in [0, 0.05) is 21.6 Å². The van der Waals surface area contributed by atoms with Gasteiger partial charge in [-0.2, -0.15) is 0 Å². The van der Waals surface area contributed by atoms with Crippen molar-refractivity contribution in [3.8, 4) is 27.8 Å². The minimum Gasteiger partial charge on any atom is -0.497 e. The van der Waals surface area contributed by atoms with Gasteiger partial charge in [-0.05, 0) is 49.4 Å². The highest BCUT2D eigenvalue weighted by Gasteiger charge is 2.10. The second-order valence-corrected chi connectivity index (χ2v) is 7.31. The summed E-state index contributed by atoms with van der Waals surface area (Å²) in [6, 6.07) is 14.0. The molecule has 0 aliphatic carbocycles. The lowest BCUT2D eigenvalue weighted by molar-refractivity contribution is 0.311. The standard InChI is InChI=1S/C20H21NO3S2/c1-4-24-18-10-5-14(11-19(18)23-3)20-21-15(13-26-20)12-25-17-8-6-16(22-2)7-9-17/h5-11,13H,4,12H2,1-3H3. The maximum Gasteiger partial charge on any atom is 0.161 e. The lowest BCUT2D eigenvalue weighted by Gasteiger charge is -2.09. The van der Waals surface area contributed by atoms with Crippen molar-refractivity contribution in [3.05, 3.63) is 53.5 Å². The van der Waals surface area contributed by atoms with Gasteiger partial charge in [-0.1, -0.05) is 0 Å². The van der Waals surface area contributed by atoms with Gasteiger partial charge in [0.25, 0.3) is 0 Å². The molecule has 4 nitrogen and oxygen atoms in total. The van der Waals surface area contributed by atoms with Crippen LogP contribution in [0.25, 0.3) is 10.6 Å². The molecule has 0 bridgehead atoms. The Morgan fingerprint density at radius 1 is 1.00 bits per heavy atom. The van der Waals surface area contributed by atoms with E-state index in [1.165, 1.54) is 4.90 Å². The third-order valence-electron chi connectivity index (χ3n) is 3.71. The predicted molar refractivity (Wildman–Crippen MR) is 108 cm³/mol. The van der Waals surface area contributed by atoms with E-state index in [9.17, 15) is 0 Å². The van der Waals surface area contributed by atoms with Crippen molar-refractivity contribution in [2.75, 3.05) is 20.8 Å². The van der Waals surface area contributed by atoms with Gasteiger partial charge in [0.15, 0.2) is 11.5 Å². The van der Waals surface area contributed by atoms with E-state index < -0.39 is 0 Å². The van der Waals surface area contributed by atoms with Crippen molar-refractivity contribution in [2.45, 2.75) is 17.6 Å². The van der Waals surface area contributed by atoms with E-state index in [1.54, 1.807) is 37.3 Å². The molecule has 136 valence electrons. The van der Waals surface area contributed by atoms with Crippen molar-refractivity contribution >= 4 is 23.1 Å². The van der Waals surface area contributed by atoms with Crippen molar-refractivity contribution < 1.29 is 14.2 Å². The summed E-state index contributed by atoms with van der Waals surface area (Å²) in [6.07, 6.45) is 0. The van der Waals surface area contributed by atoms with Crippen LogP contribution in [0.15, 0.2) is 52.7 Å². The fraction of sp³-hybridized carbons (Fsp3) is 0.250. The lowest BCUT2D eigenvalue weighted by Crippen LogP contribution is -1.95. The number of methoxy groups -OCH3 is 2. The summed E-state index contributed by atoms with van der Waals surface area (Å²) in [6.45, 7) is 2.57. The normalized spacial score (nSPS) is 10.6. The van der Waals surface area contributed by atoms with Crippen LogP contribution in [0.3, 0.4) is 0 Å². The third kappa shape index (κ3) is 4.51. The SMILES string of the molecule is CCOc1ccc(-c2nc(CSc3ccc(OC)cc3)cs2)cc1OC. The van der Waals surface area contributed by atoms with E-state index in [1.807, 2.05) is 37.3 Å². The second kappa shape index (κ2) is 8.96. The van der Waals surface area contributed by atoms with E-state index in [4.69, 9.17) is 19.2 Å². The molecular formula is C20H21NO3S2. The highest BCUT2D eigenvalue weighted by molar-refractivity contribution is 7.98. The summed E-state index contributed by atoms with van der Waals surface area (Å²) in [4.78, 5) is 5.95. The van der Waals surface area contributed by atoms with E-state index >= 15 is 0 Å². The molecule has 3 rings (SSSR count). The number of hydrogen-bond acceptors (Lipinski definition) is 6. The molecule has 0 aliphatic rings. The van der Waals surface area contributed by atoms with E-state index in [2.05, 4.69) is 17.5 Å². The minimum absolute atomic E-state index is 0.611. The Kier molecular flexibility index (Phi) is 6.41. The van der Waals surface area contributed by atoms with E-state index in [0.717, 1.165) is 39.3 Å². The van der Waals surface area contributed by atoms with Crippen LogP contribution < -0.4 is 14.2 Å². The lowest BCUT2D eigenvalue weighted by atomic mass is 10.2. The fourth-order valence-electron chi connectivity index (χ4n) is 2.41. The van der Waals surface area contributed by atoms with Crippen LogP contribution in [0.2, 0.25) is 0 Å². The van der Waals surface area contributed by atoms with E-state index in [-0.39, 0.29) is 0 Å². The zero-order valence-corrected chi connectivity index (χ0v) is 16.7. The van der Waals surface area contributed by atoms with Crippen LogP contribution in [0, 0.1) is 0 Å². The van der Waals surface area contributed by atoms with Gasteiger partial charge in [-0.25, -0.2) is 4.98 Å². The molecule has 1 heterocycles. The molecule has 1 aromatic heterocycles. The van der Waals surface area contributed by atoms with Gasteiger partial charge < -0.3 is 14.2 Å². The predicted octanol–water partition coefficient (Wildman–Crippen LogP) is 5.52. The average molecular weight is 388 g/mol. The Bertz CT molecular complexity index is 847. The first-order valence-corrected chi connectivity index (χ1v) is 10.1. The van der Waals surface area contributed by atoms with Crippen LogP contribution >= 0.6 is 23.1 Å². The molecule has 0 aliphatic heterocycles. The minimum atomic E-state index is 0.611. The topological polar surface area (TPSA) is 40.6 Å². The van der Waals surface area contributed by atoms with Gasteiger partial charge in [-0.3, -0.25) is 0 Å². The molecule has 0 spiro atoms. The molecule has 6 heteroatoms. The molecule has 2 aromatic carbocycles. The maximum atomic E-state index is 5.57. The molecule has 0 amide bonds. The summed E-state index contributed by atoms with van der Waals surface area (Å²) in [5, 5.41) is 3.09. The van der Waals surface area contributed by atoms with E-state index in [0.29, 0.717) is 6.61 Å². The summed E-state index contributed by atoms with van der Waals surface area (Å²) < 4.78 is 16.2. The van der Waals surface area contributed by atoms with Gasteiger partial charge in [0.1, 0.15) is 10.8 Å². The maximum absolute atomic E-state index is 5.57. The number of benzene rings is 2. The first kappa shape index (κ1) is 18.6. The largest absolute Gasteiger partial charge is 0.497 e. The Balaban J connectivity index is 1.69. The van der Waals surface area contributed by atoms with Crippen LogP contribution in [0.4, 0.5) is 0 Å². The Hall–Kier alpha value is -2.18. The Morgan fingerprint density at radius 3 is 2.50 bits per heavy atom. The van der Waals surface area contributed by atoms with Gasteiger partial charge in [0.05, 0.1) is 26.5 Å². The zero-order valence-electron chi connectivity index (χ0n) is 15.0. The van der Waals surface area contributed by atoms with Crippen molar-refractivity contribution in [1.29, 1.82) is 0 Å². The summed E-state index contributed by atoms with van der Waals surface area (Å²) in [7, 11) is 3.33. The van der Waals surface area contributed by atoms with Gasteiger partial charge >= 0.3 is 0 Å². The number of nitrogens with zero attached hydrogens (tertiary/aromatic N) is 1. The first-order chi connectivity index (χ1) is 12.7. The molecule has 26 heavy (non-hydrogen) atoms. The number of rotatable bonds is 8. The van der Waals surface area contributed by atoms with Crippen molar-refractivity contribution in [1.82, 2.24) is 4.98 Å². The Labute approximate surface area is 162 Å². The number of hydrogen-bond donors (Lipinski definition) is 0. The first-order valence-electron chi connectivity index (χ1n) is 8.26. The summed E-state index contributed by atoms with van der Waals surface area (Å²) >= 11 is 3.40. The number of ether oxygens (including phenoxy) is 3. The highest BCUT2D eigenvalue weighted by Crippen LogP contribution is 2.34. The van der Waals surface area contributed by atoms with Crippen molar-refractivity contribution in [3.63, 3.8) is 0 Å². The molecule has 0 saturated carbocycles. The summed E-state index contributed by atoms with van der Waals surface area (Å²) in [5.74, 6) is 3.19. The Morgan fingerprint density at radius 2 is 1.81 bits per heavy atom. The van der Waals surface area contributed by atoms with Crippen LogP contribution in [0.5, 0.6) is 17.2 Å². The zero-order chi connectivity index (χ0) is 18.4. The van der Waals surface area contributed by atoms with Crippen LogP contribution in [-0.2, 0) is 5.75 Å². The van der Waals surface area contributed by atoms with Crippen molar-refractivity contribution in [2.24, 2.45) is 0 Å². The number of thioether (sulfide) groups is 1. The fourth-order valence-corrected chi connectivity index (χ4v) is 4.12. The monoisotopic (exact) mass is 387 g/mol. The number of aromatic nitrogens is 1. The molecule has 0 saturated heterocycles. The second-order valence-electron chi connectivity index (χ2n) is 5.41. The molecule has 0 fully saturated rings. The molecule has 0 N–H and O–H groups in total. The molecule has 0 atom stereocenters. The molecule has 0 unspecified atom stereocenters. The molecular weight excluding hydrogens is 366 g/mol.